The van der Waals surface area contributed by atoms with Crippen molar-refractivity contribution in [2.75, 3.05) is 11.9 Å². The number of ether oxygens (including phenoxy) is 1. The molecule has 2 aromatic heterocycles. The van der Waals surface area contributed by atoms with Crippen molar-refractivity contribution in [1.82, 2.24) is 19.8 Å². The van der Waals surface area contributed by atoms with Crippen LogP contribution in [0.2, 0.25) is 0 Å². The van der Waals surface area contributed by atoms with Crippen molar-refractivity contribution in [3.63, 3.8) is 0 Å². The number of nitrogens with zero attached hydrogens (tertiary/aromatic N) is 4. The van der Waals surface area contributed by atoms with E-state index in [1.807, 2.05) is 56.3 Å². The van der Waals surface area contributed by atoms with E-state index in [2.05, 4.69) is 20.6 Å². The lowest BCUT2D eigenvalue weighted by molar-refractivity contribution is -0.118. The zero-order valence-electron chi connectivity index (χ0n) is 14.8. The van der Waals surface area contributed by atoms with Crippen molar-refractivity contribution in [2.24, 2.45) is 0 Å². The third kappa shape index (κ3) is 3.80. The highest BCUT2D eigenvalue weighted by Gasteiger charge is 2.10. The number of hydrogen-bond donors (Lipinski definition) is 1. The molecule has 0 aliphatic carbocycles. The van der Waals surface area contributed by atoms with Gasteiger partial charge in [0.1, 0.15) is 17.1 Å². The van der Waals surface area contributed by atoms with E-state index in [0.29, 0.717) is 11.4 Å². The number of fused-ring (bicyclic) bond motifs is 1. The number of rotatable bonds is 5. The fourth-order valence-corrected chi connectivity index (χ4v) is 3.52. The van der Waals surface area contributed by atoms with E-state index in [-0.39, 0.29) is 12.5 Å². The number of benzene rings is 2. The van der Waals surface area contributed by atoms with Crippen LogP contribution in [0.4, 0.5) is 5.69 Å². The molecule has 8 heteroatoms. The Kier molecular flexibility index (Phi) is 4.55. The monoisotopic (exact) mass is 379 g/mol. The molecule has 136 valence electrons. The number of amides is 1. The summed E-state index contributed by atoms with van der Waals surface area (Å²) >= 11 is 1.44. The molecule has 0 atom stereocenters. The molecular weight excluding hydrogens is 362 g/mol. The second-order valence-corrected chi connectivity index (χ2v) is 7.11. The molecule has 0 saturated carbocycles. The van der Waals surface area contributed by atoms with Gasteiger partial charge >= 0.3 is 0 Å². The van der Waals surface area contributed by atoms with Crippen LogP contribution in [0.15, 0.2) is 48.8 Å². The summed E-state index contributed by atoms with van der Waals surface area (Å²) < 4.78 is 7.26. The number of anilines is 1. The predicted octanol–water partition coefficient (Wildman–Crippen LogP) is 3.49. The highest BCUT2D eigenvalue weighted by molar-refractivity contribution is 7.19. The fourth-order valence-electron chi connectivity index (χ4n) is 2.71. The third-order valence-electron chi connectivity index (χ3n) is 3.97. The van der Waals surface area contributed by atoms with Gasteiger partial charge < -0.3 is 10.1 Å². The average Bonchev–Trinajstić information content (AvgIpc) is 3.23. The van der Waals surface area contributed by atoms with E-state index in [1.54, 1.807) is 10.8 Å². The van der Waals surface area contributed by atoms with Gasteiger partial charge in [-0.3, -0.25) is 4.79 Å². The summed E-state index contributed by atoms with van der Waals surface area (Å²) in [6.07, 6.45) is 1.56. The van der Waals surface area contributed by atoms with E-state index >= 15 is 0 Å². The van der Waals surface area contributed by atoms with Gasteiger partial charge in [-0.25, -0.2) is 0 Å². The van der Waals surface area contributed by atoms with Crippen LogP contribution >= 0.6 is 11.3 Å². The molecule has 0 aliphatic rings. The molecule has 0 fully saturated rings. The Morgan fingerprint density at radius 1 is 1.22 bits per heavy atom. The highest BCUT2D eigenvalue weighted by Crippen LogP contribution is 2.26. The summed E-state index contributed by atoms with van der Waals surface area (Å²) in [7, 11) is 0. The Morgan fingerprint density at radius 2 is 2.11 bits per heavy atom. The number of carbonyl (C=O) groups excluding carboxylic acids is 1. The first kappa shape index (κ1) is 17.2. The van der Waals surface area contributed by atoms with Gasteiger partial charge in [-0.15, -0.1) is 10.2 Å². The maximum atomic E-state index is 12.2. The van der Waals surface area contributed by atoms with Crippen LogP contribution in [0.3, 0.4) is 0 Å². The molecule has 7 nitrogen and oxygen atoms in total. The number of aromatic nitrogens is 4. The Bertz CT molecular complexity index is 1090. The van der Waals surface area contributed by atoms with Crippen LogP contribution in [-0.2, 0) is 4.79 Å². The highest BCUT2D eigenvalue weighted by atomic mass is 32.1. The molecule has 4 aromatic rings. The first-order valence-corrected chi connectivity index (χ1v) is 9.17. The van der Waals surface area contributed by atoms with Crippen LogP contribution in [0.1, 0.15) is 11.1 Å². The number of carbonyl (C=O) groups is 1. The summed E-state index contributed by atoms with van der Waals surface area (Å²) in [6.45, 7) is 3.93. The Labute approximate surface area is 159 Å². The zero-order chi connectivity index (χ0) is 18.8. The summed E-state index contributed by atoms with van der Waals surface area (Å²) in [4.78, 5) is 13.0. The fraction of sp³-hybridized carbons (Fsp3) is 0.158. The molecule has 0 radical (unpaired) electrons. The first-order chi connectivity index (χ1) is 13.1. The van der Waals surface area contributed by atoms with Crippen LogP contribution in [0, 0.1) is 13.8 Å². The third-order valence-corrected chi connectivity index (χ3v) is 4.93. The van der Waals surface area contributed by atoms with Crippen LogP contribution in [-0.4, -0.2) is 32.3 Å². The van der Waals surface area contributed by atoms with Gasteiger partial charge in [0.05, 0.1) is 0 Å². The van der Waals surface area contributed by atoms with E-state index in [4.69, 9.17) is 4.74 Å². The van der Waals surface area contributed by atoms with Crippen molar-refractivity contribution >= 4 is 27.9 Å². The topological polar surface area (TPSA) is 81.4 Å². The number of aryl methyl sites for hydroxylation is 2. The summed E-state index contributed by atoms with van der Waals surface area (Å²) in [5.74, 6) is 0.495. The smallest absolute Gasteiger partial charge is 0.262 e. The van der Waals surface area contributed by atoms with Gasteiger partial charge in [-0.1, -0.05) is 41.2 Å². The van der Waals surface area contributed by atoms with Crippen molar-refractivity contribution in [2.45, 2.75) is 13.8 Å². The Hall–Kier alpha value is -3.26. The summed E-state index contributed by atoms with van der Waals surface area (Å²) in [6, 6.07) is 13.4. The number of hydrogen-bond acceptors (Lipinski definition) is 6. The molecule has 0 unspecified atom stereocenters. The minimum Gasteiger partial charge on any atom is -0.483 e. The quantitative estimate of drug-likeness (QED) is 0.574. The summed E-state index contributed by atoms with van der Waals surface area (Å²) in [5.41, 5.74) is 3.76. The molecule has 2 aromatic carbocycles. The van der Waals surface area contributed by atoms with E-state index in [0.717, 1.165) is 26.7 Å². The molecule has 0 aliphatic heterocycles. The van der Waals surface area contributed by atoms with E-state index < -0.39 is 0 Å². The van der Waals surface area contributed by atoms with Crippen molar-refractivity contribution < 1.29 is 9.53 Å². The lowest BCUT2D eigenvalue weighted by atomic mass is 10.1. The minimum absolute atomic E-state index is 0.0507. The molecule has 4 rings (SSSR count). The second-order valence-electron chi connectivity index (χ2n) is 6.15. The minimum atomic E-state index is -0.217. The van der Waals surface area contributed by atoms with E-state index in [9.17, 15) is 4.79 Å². The van der Waals surface area contributed by atoms with Gasteiger partial charge in [-0.2, -0.15) is 9.61 Å². The zero-order valence-corrected chi connectivity index (χ0v) is 15.7. The van der Waals surface area contributed by atoms with Crippen LogP contribution < -0.4 is 10.1 Å². The molecule has 1 amide bonds. The van der Waals surface area contributed by atoms with Crippen LogP contribution in [0.5, 0.6) is 5.75 Å². The second kappa shape index (κ2) is 7.16. The molecule has 2 heterocycles. The van der Waals surface area contributed by atoms with Crippen molar-refractivity contribution in [3.05, 3.63) is 59.9 Å². The molecule has 1 N–H and O–H groups in total. The largest absolute Gasteiger partial charge is 0.483 e. The Morgan fingerprint density at radius 3 is 2.93 bits per heavy atom. The normalized spacial score (nSPS) is 10.9. The molecule has 0 saturated heterocycles. The van der Waals surface area contributed by atoms with Gasteiger partial charge in [-0.05, 0) is 37.6 Å². The van der Waals surface area contributed by atoms with E-state index in [1.165, 1.54) is 11.3 Å². The Balaban J connectivity index is 1.43. The van der Waals surface area contributed by atoms with Crippen molar-refractivity contribution in [3.8, 4) is 16.3 Å². The average molecular weight is 379 g/mol. The first-order valence-electron chi connectivity index (χ1n) is 8.36. The SMILES string of the molecule is Cc1ccc(OCC(=O)Nc2cccc(-c3nn4cnnc4s3)c2)c(C)c1. The maximum absolute atomic E-state index is 12.2. The van der Waals surface area contributed by atoms with Crippen LogP contribution in [0.25, 0.3) is 15.5 Å². The standard InChI is InChI=1S/C19H17N5O2S/c1-12-6-7-16(13(2)8-12)26-10-17(25)21-15-5-3-4-14(9-15)18-23-24-11-20-22-19(24)27-18/h3-9,11H,10H2,1-2H3,(H,21,25). The molecule has 0 bridgehead atoms. The van der Waals surface area contributed by atoms with Gasteiger partial charge in [0.15, 0.2) is 6.61 Å². The summed E-state index contributed by atoms with van der Waals surface area (Å²) in [5, 5.41) is 15.9. The molecule has 27 heavy (non-hydrogen) atoms. The van der Waals surface area contributed by atoms with Gasteiger partial charge in [0, 0.05) is 11.3 Å². The predicted molar refractivity (Wildman–Crippen MR) is 104 cm³/mol. The molecule has 0 spiro atoms. The van der Waals surface area contributed by atoms with Gasteiger partial charge in [0.25, 0.3) is 5.91 Å². The number of nitrogens with one attached hydrogen (secondary N) is 1. The molecular formula is C19H17N5O2S. The van der Waals surface area contributed by atoms with Crippen molar-refractivity contribution in [1.29, 1.82) is 0 Å². The van der Waals surface area contributed by atoms with Gasteiger partial charge in [0.2, 0.25) is 4.96 Å². The lowest BCUT2D eigenvalue weighted by Gasteiger charge is -2.10. The maximum Gasteiger partial charge on any atom is 0.262 e. The lowest BCUT2D eigenvalue weighted by Crippen LogP contribution is -2.20.